The van der Waals surface area contributed by atoms with E-state index in [2.05, 4.69) is 44.1 Å². The highest BCUT2D eigenvalue weighted by Crippen LogP contribution is 2.38. The minimum atomic E-state index is -0.314. The molecule has 1 amide bonds. The molecular weight excluding hydrogens is 344 g/mol. The molecular formula is C19H32N6O2. The van der Waals surface area contributed by atoms with Crippen LogP contribution in [0.25, 0.3) is 0 Å². The molecule has 2 aliphatic heterocycles. The van der Waals surface area contributed by atoms with Gasteiger partial charge in [-0.05, 0) is 63.0 Å². The van der Waals surface area contributed by atoms with Crippen LogP contribution in [0.3, 0.4) is 0 Å². The summed E-state index contributed by atoms with van der Waals surface area (Å²) in [6.07, 6.45) is 8.41. The van der Waals surface area contributed by atoms with Gasteiger partial charge in [0.2, 0.25) is 5.91 Å². The molecule has 8 nitrogen and oxygen atoms in total. The van der Waals surface area contributed by atoms with Gasteiger partial charge in [-0.1, -0.05) is 12.8 Å². The van der Waals surface area contributed by atoms with Gasteiger partial charge in [-0.15, -0.1) is 5.10 Å². The number of nitrogens with zero attached hydrogens (tertiary/aromatic N) is 6. The van der Waals surface area contributed by atoms with Crippen molar-refractivity contribution in [1.29, 1.82) is 0 Å². The van der Waals surface area contributed by atoms with Crippen molar-refractivity contribution in [3.63, 3.8) is 0 Å². The molecule has 0 radical (unpaired) electrons. The fraction of sp³-hybridized carbons (Fsp3) is 0.895. The number of likely N-dealkylation sites (N-methyl/N-ethyl adjacent to an activating group) is 1. The van der Waals surface area contributed by atoms with Crippen molar-refractivity contribution in [3.05, 3.63) is 5.82 Å². The van der Waals surface area contributed by atoms with Gasteiger partial charge < -0.3 is 9.64 Å². The number of tetrazole rings is 1. The monoisotopic (exact) mass is 376 g/mol. The summed E-state index contributed by atoms with van der Waals surface area (Å²) in [5, 5.41) is 12.9. The first-order chi connectivity index (χ1) is 13.1. The molecule has 0 bridgehead atoms. The molecule has 0 N–H and O–H groups in total. The SMILES string of the molecule is CN(C)C1(c2nnnn2C2CCCC2)CCCN(C(=O)C2CCOCC2)C1. The van der Waals surface area contributed by atoms with E-state index in [1.165, 1.54) is 12.8 Å². The number of ether oxygens (including phenoxy) is 1. The molecule has 0 aromatic carbocycles. The molecule has 0 spiro atoms. The number of aromatic nitrogens is 4. The maximum Gasteiger partial charge on any atom is 0.225 e. The highest BCUT2D eigenvalue weighted by molar-refractivity contribution is 5.79. The number of likely N-dealkylation sites (tertiary alicyclic amines) is 1. The summed E-state index contributed by atoms with van der Waals surface area (Å²) in [5.41, 5.74) is -0.314. The second-order valence-electron chi connectivity index (χ2n) is 8.56. The number of amides is 1. The molecule has 3 aliphatic rings. The van der Waals surface area contributed by atoms with E-state index in [0.717, 1.165) is 50.9 Å². The minimum absolute atomic E-state index is 0.0996. The molecule has 8 heteroatoms. The van der Waals surface area contributed by atoms with Crippen LogP contribution in [-0.2, 0) is 15.1 Å². The Balaban J connectivity index is 1.60. The first-order valence-corrected chi connectivity index (χ1v) is 10.4. The number of carbonyl (C=O) groups excluding carboxylic acids is 1. The van der Waals surface area contributed by atoms with E-state index in [0.29, 0.717) is 25.8 Å². The van der Waals surface area contributed by atoms with Crippen LogP contribution in [0, 0.1) is 5.92 Å². The fourth-order valence-corrected chi connectivity index (χ4v) is 5.07. The topological polar surface area (TPSA) is 76.4 Å². The summed E-state index contributed by atoms with van der Waals surface area (Å²) >= 11 is 0. The Morgan fingerprint density at radius 2 is 1.89 bits per heavy atom. The largest absolute Gasteiger partial charge is 0.381 e. The molecule has 150 valence electrons. The van der Waals surface area contributed by atoms with E-state index >= 15 is 0 Å². The van der Waals surface area contributed by atoms with Crippen LogP contribution in [-0.4, -0.2) is 76.3 Å². The number of piperidine rings is 1. The molecule has 27 heavy (non-hydrogen) atoms. The lowest BCUT2D eigenvalue weighted by Crippen LogP contribution is -2.57. The lowest BCUT2D eigenvalue weighted by molar-refractivity contribution is -0.143. The maximum atomic E-state index is 13.2. The summed E-state index contributed by atoms with van der Waals surface area (Å²) in [6, 6.07) is 0.397. The summed E-state index contributed by atoms with van der Waals surface area (Å²) < 4.78 is 7.50. The molecule has 1 aliphatic carbocycles. The van der Waals surface area contributed by atoms with Gasteiger partial charge in [-0.3, -0.25) is 9.69 Å². The molecule has 2 saturated heterocycles. The van der Waals surface area contributed by atoms with Crippen molar-refractivity contribution in [2.75, 3.05) is 40.4 Å². The lowest BCUT2D eigenvalue weighted by atomic mass is 9.85. The first-order valence-electron chi connectivity index (χ1n) is 10.4. The van der Waals surface area contributed by atoms with E-state index in [1.807, 2.05) is 0 Å². The van der Waals surface area contributed by atoms with Crippen LogP contribution >= 0.6 is 0 Å². The summed E-state index contributed by atoms with van der Waals surface area (Å²) in [4.78, 5) is 17.5. The highest BCUT2D eigenvalue weighted by Gasteiger charge is 2.46. The molecule has 3 fully saturated rings. The van der Waals surface area contributed by atoms with Gasteiger partial charge in [0.1, 0.15) is 5.54 Å². The molecule has 1 saturated carbocycles. The van der Waals surface area contributed by atoms with Gasteiger partial charge in [-0.2, -0.15) is 0 Å². The summed E-state index contributed by atoms with van der Waals surface area (Å²) in [7, 11) is 4.19. The predicted octanol–water partition coefficient (Wildman–Crippen LogP) is 1.59. The second kappa shape index (κ2) is 7.83. The second-order valence-corrected chi connectivity index (χ2v) is 8.56. The Labute approximate surface area is 161 Å². The number of hydrogen-bond donors (Lipinski definition) is 0. The summed E-state index contributed by atoms with van der Waals surface area (Å²) in [6.45, 7) is 2.89. The van der Waals surface area contributed by atoms with E-state index < -0.39 is 0 Å². The molecule has 1 unspecified atom stereocenters. The maximum absolute atomic E-state index is 13.2. The molecule has 1 aromatic rings. The van der Waals surface area contributed by atoms with Crippen LogP contribution < -0.4 is 0 Å². The number of rotatable bonds is 4. The lowest BCUT2D eigenvalue weighted by Gasteiger charge is -2.47. The van der Waals surface area contributed by atoms with Crippen molar-refractivity contribution < 1.29 is 9.53 Å². The highest BCUT2D eigenvalue weighted by atomic mass is 16.5. The Kier molecular flexibility index (Phi) is 5.45. The van der Waals surface area contributed by atoms with Gasteiger partial charge in [0.15, 0.2) is 5.82 Å². The zero-order valence-corrected chi connectivity index (χ0v) is 16.6. The van der Waals surface area contributed by atoms with Gasteiger partial charge in [0.25, 0.3) is 0 Å². The Bertz CT molecular complexity index is 650. The third kappa shape index (κ3) is 3.49. The van der Waals surface area contributed by atoms with Gasteiger partial charge >= 0.3 is 0 Å². The van der Waals surface area contributed by atoms with E-state index in [4.69, 9.17) is 4.74 Å². The van der Waals surface area contributed by atoms with Gasteiger partial charge in [-0.25, -0.2) is 4.68 Å². The van der Waals surface area contributed by atoms with Crippen molar-refractivity contribution in [1.82, 2.24) is 30.0 Å². The summed E-state index contributed by atoms with van der Waals surface area (Å²) in [5.74, 6) is 1.32. The smallest absolute Gasteiger partial charge is 0.225 e. The van der Waals surface area contributed by atoms with E-state index in [1.54, 1.807) is 0 Å². The zero-order chi connectivity index (χ0) is 18.9. The zero-order valence-electron chi connectivity index (χ0n) is 16.6. The average Bonchev–Trinajstić information content (AvgIpc) is 3.39. The number of carbonyl (C=O) groups is 1. The normalized spacial score (nSPS) is 28.2. The van der Waals surface area contributed by atoms with Crippen molar-refractivity contribution >= 4 is 5.91 Å². The number of hydrogen-bond acceptors (Lipinski definition) is 6. The van der Waals surface area contributed by atoms with E-state index in [-0.39, 0.29) is 17.4 Å². The molecule has 1 atom stereocenters. The van der Waals surface area contributed by atoms with Gasteiger partial charge in [0, 0.05) is 32.2 Å². The van der Waals surface area contributed by atoms with Crippen molar-refractivity contribution in [3.8, 4) is 0 Å². The minimum Gasteiger partial charge on any atom is -0.381 e. The predicted molar refractivity (Wildman–Crippen MR) is 100 cm³/mol. The standard InChI is InChI=1S/C19H32N6O2/c1-23(2)19(18-20-21-22-25(18)16-6-3-4-7-16)10-5-11-24(14-19)17(26)15-8-12-27-13-9-15/h15-16H,3-14H2,1-2H3. The van der Waals surface area contributed by atoms with Crippen molar-refractivity contribution in [2.24, 2.45) is 5.92 Å². The molecule has 3 heterocycles. The Hall–Kier alpha value is -1.54. The Morgan fingerprint density at radius 1 is 1.15 bits per heavy atom. The fourth-order valence-electron chi connectivity index (χ4n) is 5.07. The molecule has 4 rings (SSSR count). The quantitative estimate of drug-likeness (QED) is 0.794. The third-order valence-corrected chi connectivity index (χ3v) is 6.79. The van der Waals surface area contributed by atoms with Crippen LogP contribution in [0.2, 0.25) is 0 Å². The molecule has 1 aromatic heterocycles. The van der Waals surface area contributed by atoms with E-state index in [9.17, 15) is 4.79 Å². The third-order valence-electron chi connectivity index (χ3n) is 6.79. The van der Waals surface area contributed by atoms with Crippen LogP contribution in [0.1, 0.15) is 63.2 Å². The first kappa shape index (κ1) is 18.8. The van der Waals surface area contributed by atoms with Crippen LogP contribution in [0.4, 0.5) is 0 Å². The Morgan fingerprint density at radius 3 is 2.59 bits per heavy atom. The van der Waals surface area contributed by atoms with Crippen molar-refractivity contribution in [2.45, 2.75) is 62.9 Å². The van der Waals surface area contributed by atoms with Gasteiger partial charge in [0.05, 0.1) is 6.04 Å². The average molecular weight is 377 g/mol. The van der Waals surface area contributed by atoms with Crippen LogP contribution in [0.5, 0.6) is 0 Å². The van der Waals surface area contributed by atoms with Crippen LogP contribution in [0.15, 0.2) is 0 Å².